The van der Waals surface area contributed by atoms with Crippen molar-refractivity contribution in [3.05, 3.63) is 71.3 Å². The Morgan fingerprint density at radius 3 is 2.42 bits per heavy atom. The molecule has 33 heavy (non-hydrogen) atoms. The number of aliphatic hydroxyl groups excluding tert-OH is 2. The molecule has 9 heteroatoms. The van der Waals surface area contributed by atoms with Crippen LogP contribution in [-0.2, 0) is 0 Å². The molecule has 0 fully saturated rings. The fourth-order valence-electron chi connectivity index (χ4n) is 3.25. The molecule has 0 amide bonds. The van der Waals surface area contributed by atoms with Gasteiger partial charge in [0.05, 0.1) is 35.1 Å². The SMILES string of the molecule is C/C=S(\NC(C)(CO)CO)c1ccc(Nc2cc(-c3ccccc3)nc3c(Br)cnn23)cc1. The van der Waals surface area contributed by atoms with Crippen molar-refractivity contribution in [1.29, 1.82) is 0 Å². The van der Waals surface area contributed by atoms with E-state index in [9.17, 15) is 10.2 Å². The molecule has 172 valence electrons. The van der Waals surface area contributed by atoms with Gasteiger partial charge in [-0.3, -0.25) is 4.72 Å². The van der Waals surface area contributed by atoms with Gasteiger partial charge in [-0.2, -0.15) is 9.61 Å². The van der Waals surface area contributed by atoms with Crippen molar-refractivity contribution in [3.63, 3.8) is 0 Å². The van der Waals surface area contributed by atoms with Crippen LogP contribution in [0.4, 0.5) is 11.5 Å². The fourth-order valence-corrected chi connectivity index (χ4v) is 5.19. The minimum absolute atomic E-state index is 0.151. The highest BCUT2D eigenvalue weighted by atomic mass is 79.9. The molecule has 0 aliphatic rings. The number of aliphatic hydroxyl groups is 2. The minimum Gasteiger partial charge on any atom is -0.394 e. The lowest BCUT2D eigenvalue weighted by atomic mass is 10.1. The van der Waals surface area contributed by atoms with E-state index in [0.29, 0.717) is 0 Å². The highest BCUT2D eigenvalue weighted by Gasteiger charge is 2.23. The second-order valence-electron chi connectivity index (χ2n) is 7.82. The van der Waals surface area contributed by atoms with E-state index in [4.69, 9.17) is 4.98 Å². The molecule has 1 unspecified atom stereocenters. The number of nitrogens with one attached hydrogen (secondary N) is 2. The van der Waals surface area contributed by atoms with Crippen molar-refractivity contribution in [2.75, 3.05) is 18.5 Å². The van der Waals surface area contributed by atoms with Crippen molar-refractivity contribution in [2.24, 2.45) is 0 Å². The van der Waals surface area contributed by atoms with Crippen LogP contribution in [0.25, 0.3) is 16.9 Å². The number of anilines is 2. The molecule has 0 aliphatic carbocycles. The van der Waals surface area contributed by atoms with Gasteiger partial charge in [0.15, 0.2) is 5.65 Å². The molecular weight excluding hydrogens is 502 g/mol. The third kappa shape index (κ3) is 5.18. The molecule has 0 aliphatic heterocycles. The standard InChI is InChI=1S/C24H26BrN5O2S/c1-3-33(29-24(2,15-31)16-32)19-11-9-18(10-12-19)27-22-13-21(17-7-5-4-6-8-17)28-23-20(25)14-26-30(22)23/h3-14,27,29,31-32H,15-16H2,1-2H3. The number of rotatable bonds is 8. The lowest BCUT2D eigenvalue weighted by Crippen LogP contribution is -2.46. The van der Waals surface area contributed by atoms with Gasteiger partial charge in [-0.25, -0.2) is 4.98 Å². The lowest BCUT2D eigenvalue weighted by Gasteiger charge is -2.28. The summed E-state index contributed by atoms with van der Waals surface area (Å²) in [6, 6.07) is 20.1. The Morgan fingerprint density at radius 1 is 1.09 bits per heavy atom. The van der Waals surface area contributed by atoms with Crippen LogP contribution >= 0.6 is 26.6 Å². The molecule has 0 radical (unpaired) electrons. The van der Waals surface area contributed by atoms with Crippen LogP contribution in [0.3, 0.4) is 0 Å². The summed E-state index contributed by atoms with van der Waals surface area (Å²) >= 11 is 3.54. The second kappa shape index (κ2) is 10.1. The topological polar surface area (TPSA) is 94.7 Å². The second-order valence-corrected chi connectivity index (χ2v) is 10.5. The quantitative estimate of drug-likeness (QED) is 0.250. The Bertz CT molecular complexity index is 1270. The maximum atomic E-state index is 9.62. The van der Waals surface area contributed by atoms with Gasteiger partial charge in [0.25, 0.3) is 0 Å². The fraction of sp³-hybridized carbons (Fsp3) is 0.208. The zero-order valence-electron chi connectivity index (χ0n) is 18.4. The highest BCUT2D eigenvalue weighted by molar-refractivity contribution is 9.10. The number of nitrogens with zero attached hydrogens (tertiary/aromatic N) is 3. The number of aromatic nitrogens is 3. The van der Waals surface area contributed by atoms with Crippen LogP contribution in [0.2, 0.25) is 0 Å². The summed E-state index contributed by atoms with van der Waals surface area (Å²) in [5, 5.41) is 29.2. The van der Waals surface area contributed by atoms with E-state index in [-0.39, 0.29) is 13.2 Å². The number of halogens is 1. The Morgan fingerprint density at radius 2 is 1.79 bits per heavy atom. The van der Waals surface area contributed by atoms with Crippen LogP contribution in [0.15, 0.2) is 76.2 Å². The zero-order valence-corrected chi connectivity index (χ0v) is 20.8. The summed E-state index contributed by atoms with van der Waals surface area (Å²) in [5.74, 6) is 0.796. The Kier molecular flexibility index (Phi) is 7.26. The van der Waals surface area contributed by atoms with Gasteiger partial charge in [-0.15, -0.1) is 0 Å². The molecule has 1 atom stereocenters. The summed E-state index contributed by atoms with van der Waals surface area (Å²) in [6.07, 6.45) is 1.74. The number of hydrogen-bond acceptors (Lipinski definition) is 6. The number of hydrogen-bond donors (Lipinski definition) is 4. The Labute approximate surface area is 203 Å². The normalized spacial score (nSPS) is 12.9. The van der Waals surface area contributed by atoms with E-state index in [2.05, 4.69) is 31.1 Å². The van der Waals surface area contributed by atoms with E-state index in [0.717, 1.165) is 37.8 Å². The molecule has 4 aromatic rings. The van der Waals surface area contributed by atoms with Gasteiger partial charge in [0.2, 0.25) is 0 Å². The number of benzene rings is 2. The first-order valence-corrected chi connectivity index (χ1v) is 12.5. The first kappa shape index (κ1) is 23.6. The lowest BCUT2D eigenvalue weighted by molar-refractivity contribution is 0.124. The molecule has 0 saturated carbocycles. The molecule has 4 rings (SSSR count). The Balaban J connectivity index is 1.64. The predicted molar refractivity (Wildman–Crippen MR) is 139 cm³/mol. The summed E-state index contributed by atoms with van der Waals surface area (Å²) < 4.78 is 5.93. The first-order valence-electron chi connectivity index (χ1n) is 10.5. The molecule has 2 heterocycles. The minimum atomic E-state index is -0.753. The van der Waals surface area contributed by atoms with Crippen LogP contribution in [0.5, 0.6) is 0 Å². The molecular formula is C24H26BrN5O2S. The smallest absolute Gasteiger partial charge is 0.172 e. The molecule has 2 aromatic carbocycles. The average Bonchev–Trinajstić information content (AvgIpc) is 3.24. The summed E-state index contributed by atoms with van der Waals surface area (Å²) in [5.41, 5.74) is 2.76. The van der Waals surface area contributed by atoms with E-state index in [1.807, 2.05) is 73.0 Å². The third-order valence-electron chi connectivity index (χ3n) is 5.17. The molecule has 0 bridgehead atoms. The third-order valence-corrected chi connectivity index (χ3v) is 7.69. The van der Waals surface area contributed by atoms with E-state index in [1.54, 1.807) is 17.6 Å². The predicted octanol–water partition coefficient (Wildman–Crippen LogP) is 4.60. The van der Waals surface area contributed by atoms with Crippen molar-refractivity contribution >= 4 is 49.1 Å². The van der Waals surface area contributed by atoms with Crippen LogP contribution in [0.1, 0.15) is 13.8 Å². The molecule has 2 aromatic heterocycles. The average molecular weight is 528 g/mol. The largest absolute Gasteiger partial charge is 0.394 e. The van der Waals surface area contributed by atoms with E-state index < -0.39 is 16.2 Å². The van der Waals surface area contributed by atoms with Crippen molar-refractivity contribution in [2.45, 2.75) is 24.3 Å². The molecule has 4 N–H and O–H groups in total. The van der Waals surface area contributed by atoms with E-state index in [1.165, 1.54) is 0 Å². The molecule has 0 spiro atoms. The van der Waals surface area contributed by atoms with Crippen molar-refractivity contribution < 1.29 is 10.2 Å². The summed E-state index contributed by atoms with van der Waals surface area (Å²) in [4.78, 5) is 5.83. The maximum absolute atomic E-state index is 9.62. The summed E-state index contributed by atoms with van der Waals surface area (Å²) in [6.45, 7) is 3.46. The van der Waals surface area contributed by atoms with Crippen LogP contribution in [0, 0.1) is 0 Å². The first-order chi connectivity index (χ1) is 16.0. The Hall–Kier alpha value is -2.56. The highest BCUT2D eigenvalue weighted by Crippen LogP contribution is 2.30. The van der Waals surface area contributed by atoms with Crippen molar-refractivity contribution in [1.82, 2.24) is 19.3 Å². The van der Waals surface area contributed by atoms with Gasteiger partial charge in [-0.05, 0) is 59.4 Å². The van der Waals surface area contributed by atoms with E-state index >= 15 is 0 Å². The van der Waals surface area contributed by atoms with Crippen molar-refractivity contribution in [3.8, 4) is 11.3 Å². The van der Waals surface area contributed by atoms with Gasteiger partial charge in [-0.1, -0.05) is 41.0 Å². The zero-order chi connectivity index (χ0) is 23.4. The monoisotopic (exact) mass is 527 g/mol. The van der Waals surface area contributed by atoms with Crippen LogP contribution < -0.4 is 10.0 Å². The molecule has 7 nitrogen and oxygen atoms in total. The maximum Gasteiger partial charge on any atom is 0.172 e. The van der Waals surface area contributed by atoms with Gasteiger partial charge < -0.3 is 15.5 Å². The number of fused-ring (bicyclic) bond motifs is 1. The van der Waals surface area contributed by atoms with Gasteiger partial charge in [0.1, 0.15) is 5.82 Å². The van der Waals surface area contributed by atoms with Gasteiger partial charge >= 0.3 is 0 Å². The summed E-state index contributed by atoms with van der Waals surface area (Å²) in [7, 11) is -0.423. The molecule has 0 saturated heterocycles. The van der Waals surface area contributed by atoms with Gasteiger partial charge in [0, 0.05) is 22.2 Å². The van der Waals surface area contributed by atoms with Crippen LogP contribution in [-0.4, -0.2) is 48.9 Å².